The molecule has 1 aliphatic rings. The van der Waals surface area contributed by atoms with Gasteiger partial charge in [-0.05, 0) is 57.7 Å². The van der Waals surface area contributed by atoms with Crippen LogP contribution in [0.3, 0.4) is 0 Å². The van der Waals surface area contributed by atoms with E-state index in [0.717, 1.165) is 12.8 Å². The minimum absolute atomic E-state index is 0.292. The normalized spacial score (nSPS) is 15.1. The summed E-state index contributed by atoms with van der Waals surface area (Å²) in [5.41, 5.74) is -1.41. The molecule has 0 atom stereocenters. The number of carbonyl (C=O) groups excluding carboxylic acids is 1. The maximum Gasteiger partial charge on any atom is 0.330 e. The number of aliphatic carboxylic acids is 1. The van der Waals surface area contributed by atoms with Gasteiger partial charge in [0.05, 0.1) is 5.02 Å². The van der Waals surface area contributed by atoms with E-state index < -0.39 is 23.0 Å². The van der Waals surface area contributed by atoms with Gasteiger partial charge in [0.2, 0.25) is 0 Å². The number of nitrogens with zero attached hydrogens (tertiary/aromatic N) is 1. The Hall–Kier alpha value is -2.19. The summed E-state index contributed by atoms with van der Waals surface area (Å²) in [6, 6.07) is 4.77. The Kier molecular flexibility index (Phi) is 7.74. The van der Waals surface area contributed by atoms with Crippen LogP contribution < -0.4 is 9.64 Å². The quantitative estimate of drug-likeness (QED) is 0.738. The second-order valence-electron chi connectivity index (χ2n) is 7.16. The number of terminal acetylenes is 1. The minimum Gasteiger partial charge on any atom is -0.487 e. The molecule has 1 aromatic carbocycles. The molecule has 0 saturated heterocycles. The van der Waals surface area contributed by atoms with Crippen LogP contribution in [0, 0.1) is 12.3 Å². The molecule has 1 aliphatic carbocycles. The van der Waals surface area contributed by atoms with Crippen LogP contribution in [0.25, 0.3) is 0 Å². The zero-order valence-electron chi connectivity index (χ0n) is 16.6. The number of halogens is 1. The Morgan fingerprint density at radius 1 is 1.26 bits per heavy atom. The molecule has 0 spiro atoms. The van der Waals surface area contributed by atoms with Gasteiger partial charge in [0.1, 0.15) is 16.9 Å². The van der Waals surface area contributed by atoms with E-state index in [-0.39, 0.29) is 0 Å². The van der Waals surface area contributed by atoms with Gasteiger partial charge in [-0.25, -0.2) is 4.79 Å². The third kappa shape index (κ3) is 5.17. The lowest BCUT2D eigenvalue weighted by Crippen LogP contribution is -2.55. The van der Waals surface area contributed by atoms with E-state index in [1.807, 2.05) is 40.5 Å². The molecule has 1 fully saturated rings. The maximum atomic E-state index is 12.4. The molecule has 6 heteroatoms. The third-order valence-corrected chi connectivity index (χ3v) is 4.47. The topological polar surface area (TPSA) is 66.8 Å². The first-order chi connectivity index (χ1) is 12.6. The summed E-state index contributed by atoms with van der Waals surface area (Å²) < 4.78 is 5.76. The Morgan fingerprint density at radius 3 is 2.22 bits per heavy atom. The monoisotopic (exact) mass is 393 g/mol. The van der Waals surface area contributed by atoms with Crippen LogP contribution in [0.4, 0.5) is 5.69 Å². The molecule has 1 saturated carbocycles. The summed E-state index contributed by atoms with van der Waals surface area (Å²) in [6.07, 6.45) is 7.45. The zero-order chi connectivity index (χ0) is 20.8. The Labute approximate surface area is 166 Å². The second kappa shape index (κ2) is 9.14. The number of rotatable bonds is 4. The average Bonchev–Trinajstić information content (AvgIpc) is 3.09. The van der Waals surface area contributed by atoms with Crippen molar-refractivity contribution in [2.24, 2.45) is 0 Å². The molecule has 1 N–H and O–H groups in total. The molecule has 0 bridgehead atoms. The number of amides is 1. The molecule has 0 aromatic heterocycles. The highest BCUT2D eigenvalue weighted by Gasteiger charge is 2.49. The van der Waals surface area contributed by atoms with Gasteiger partial charge in [0.15, 0.2) is 0 Å². The number of benzene rings is 1. The first-order valence-corrected chi connectivity index (χ1v) is 9.51. The van der Waals surface area contributed by atoms with Gasteiger partial charge in [0.25, 0.3) is 0 Å². The van der Waals surface area contributed by atoms with Crippen LogP contribution in [-0.2, 0) is 9.59 Å². The molecule has 1 aromatic rings. The van der Waals surface area contributed by atoms with Crippen LogP contribution >= 0.6 is 11.6 Å². The number of anilines is 1. The predicted molar refractivity (Wildman–Crippen MR) is 108 cm³/mol. The fourth-order valence-electron chi connectivity index (χ4n) is 3.16. The summed E-state index contributed by atoms with van der Waals surface area (Å²) in [4.78, 5) is 25.6. The highest BCUT2D eigenvalue weighted by Crippen LogP contribution is 2.41. The number of ether oxygens (including phenoxy) is 1. The molecular weight excluding hydrogens is 366 g/mol. The Balaban J connectivity index is 0.00000176. The number of hydrogen-bond acceptors (Lipinski definition) is 3. The van der Waals surface area contributed by atoms with Crippen LogP contribution in [0.5, 0.6) is 5.75 Å². The molecule has 148 valence electrons. The van der Waals surface area contributed by atoms with Crippen LogP contribution in [0.15, 0.2) is 18.2 Å². The lowest BCUT2D eigenvalue weighted by atomic mass is 9.94. The molecule has 0 heterocycles. The molecule has 0 aliphatic heterocycles. The van der Waals surface area contributed by atoms with Crippen molar-refractivity contribution < 1.29 is 19.4 Å². The SMILES string of the molecule is C#CC(=O)N(c1ccc(OC(C)(C)C)c(Cl)c1)C1(C(=O)O)CCCC1.CC. The van der Waals surface area contributed by atoms with Crippen LogP contribution in [0.1, 0.15) is 60.3 Å². The van der Waals surface area contributed by atoms with Crippen molar-refractivity contribution in [2.45, 2.75) is 71.4 Å². The molecule has 0 unspecified atom stereocenters. The smallest absolute Gasteiger partial charge is 0.330 e. The number of hydrogen-bond donors (Lipinski definition) is 1. The summed E-state index contributed by atoms with van der Waals surface area (Å²) >= 11 is 6.30. The fraction of sp³-hybridized carbons (Fsp3) is 0.524. The van der Waals surface area contributed by atoms with E-state index in [4.69, 9.17) is 22.8 Å². The summed E-state index contributed by atoms with van der Waals surface area (Å²) in [5, 5.41) is 10.1. The van der Waals surface area contributed by atoms with Crippen molar-refractivity contribution in [2.75, 3.05) is 4.90 Å². The third-order valence-electron chi connectivity index (χ3n) is 4.17. The van der Waals surface area contributed by atoms with E-state index in [9.17, 15) is 14.7 Å². The number of carbonyl (C=O) groups is 2. The van der Waals surface area contributed by atoms with Crippen molar-refractivity contribution in [3.63, 3.8) is 0 Å². The van der Waals surface area contributed by atoms with Crippen LogP contribution in [-0.4, -0.2) is 28.1 Å². The van der Waals surface area contributed by atoms with Gasteiger partial charge in [-0.3, -0.25) is 9.69 Å². The average molecular weight is 394 g/mol. The van der Waals surface area contributed by atoms with E-state index in [1.165, 1.54) is 11.0 Å². The first kappa shape index (κ1) is 22.9. The lowest BCUT2D eigenvalue weighted by molar-refractivity contribution is -0.144. The molecule has 1 amide bonds. The Bertz CT molecular complexity index is 725. The summed E-state index contributed by atoms with van der Waals surface area (Å²) in [5.74, 6) is 0.756. The molecule has 27 heavy (non-hydrogen) atoms. The van der Waals surface area contributed by atoms with Gasteiger partial charge >= 0.3 is 11.9 Å². The van der Waals surface area contributed by atoms with Crippen molar-refractivity contribution in [1.29, 1.82) is 0 Å². The highest BCUT2D eigenvalue weighted by molar-refractivity contribution is 6.32. The van der Waals surface area contributed by atoms with Gasteiger partial charge in [-0.15, -0.1) is 6.42 Å². The zero-order valence-corrected chi connectivity index (χ0v) is 17.4. The van der Waals surface area contributed by atoms with Crippen molar-refractivity contribution in [3.05, 3.63) is 23.2 Å². The standard InChI is InChI=1S/C19H22ClNO4.C2H6/c1-5-16(22)21(19(17(23)24)10-6-7-11-19)13-8-9-15(14(20)12-13)25-18(2,3)4;1-2/h1,8-9,12H,6-7,10-11H2,2-4H3,(H,23,24);1-2H3. The maximum absolute atomic E-state index is 12.4. The van der Waals surface area contributed by atoms with Crippen molar-refractivity contribution in [1.82, 2.24) is 0 Å². The van der Waals surface area contributed by atoms with Gasteiger partial charge < -0.3 is 9.84 Å². The van der Waals surface area contributed by atoms with Crippen molar-refractivity contribution in [3.8, 4) is 18.1 Å². The Morgan fingerprint density at radius 2 is 1.81 bits per heavy atom. The molecule has 5 nitrogen and oxygen atoms in total. The summed E-state index contributed by atoms with van der Waals surface area (Å²) in [7, 11) is 0. The van der Waals surface area contributed by atoms with Gasteiger partial charge in [0, 0.05) is 5.69 Å². The van der Waals surface area contributed by atoms with E-state index >= 15 is 0 Å². The molecule has 0 radical (unpaired) electrons. The van der Waals surface area contributed by atoms with E-state index in [0.29, 0.717) is 29.3 Å². The second-order valence-corrected chi connectivity index (χ2v) is 7.57. The van der Waals surface area contributed by atoms with Gasteiger partial charge in [-0.2, -0.15) is 0 Å². The first-order valence-electron chi connectivity index (χ1n) is 9.13. The summed E-state index contributed by atoms with van der Waals surface area (Å²) in [6.45, 7) is 9.68. The largest absolute Gasteiger partial charge is 0.487 e. The van der Waals surface area contributed by atoms with Crippen molar-refractivity contribution >= 4 is 29.2 Å². The molecular formula is C21H28ClNO4. The lowest BCUT2D eigenvalue weighted by Gasteiger charge is -2.37. The van der Waals surface area contributed by atoms with E-state index in [2.05, 4.69) is 0 Å². The van der Waals surface area contributed by atoms with Crippen LogP contribution in [0.2, 0.25) is 5.02 Å². The fourth-order valence-corrected chi connectivity index (χ4v) is 3.37. The minimum atomic E-state index is -1.33. The number of carboxylic acid groups (broad SMARTS) is 1. The predicted octanol–water partition coefficient (Wildman–Crippen LogP) is 4.91. The highest BCUT2D eigenvalue weighted by atomic mass is 35.5. The number of carboxylic acids is 1. The van der Waals surface area contributed by atoms with E-state index in [1.54, 1.807) is 12.1 Å². The van der Waals surface area contributed by atoms with Gasteiger partial charge in [-0.1, -0.05) is 38.3 Å². The molecule has 2 rings (SSSR count).